The van der Waals surface area contributed by atoms with Crippen LogP contribution >= 0.6 is 0 Å². The highest BCUT2D eigenvalue weighted by Gasteiger charge is 2.29. The number of para-hydroxylation sites is 1. The number of amides is 1. The molecule has 0 fully saturated rings. The molecule has 2 aromatic carbocycles. The van der Waals surface area contributed by atoms with E-state index in [1.807, 2.05) is 24.3 Å². The third kappa shape index (κ3) is 4.88. The summed E-state index contributed by atoms with van der Waals surface area (Å²) in [6.07, 6.45) is 0.983. The molecule has 1 atom stereocenters. The highest BCUT2D eigenvalue weighted by atomic mass is 19.3. The van der Waals surface area contributed by atoms with Gasteiger partial charge in [-0.15, -0.1) is 0 Å². The fourth-order valence-corrected chi connectivity index (χ4v) is 3.13. The second-order valence-corrected chi connectivity index (χ2v) is 7.01. The second-order valence-electron chi connectivity index (χ2n) is 7.01. The molecule has 1 unspecified atom stereocenters. The van der Waals surface area contributed by atoms with Gasteiger partial charge >= 0.3 is 0 Å². The van der Waals surface area contributed by atoms with Crippen LogP contribution in [0.3, 0.4) is 0 Å². The van der Waals surface area contributed by atoms with Gasteiger partial charge < -0.3 is 5.32 Å². The maximum absolute atomic E-state index is 13.8. The molecule has 0 aromatic heterocycles. The van der Waals surface area contributed by atoms with Gasteiger partial charge in [-0.3, -0.25) is 4.79 Å². The van der Waals surface area contributed by atoms with Crippen LogP contribution in [0.25, 0.3) is 0 Å². The lowest BCUT2D eigenvalue weighted by atomic mass is 9.91. The van der Waals surface area contributed by atoms with Crippen LogP contribution in [-0.4, -0.2) is 5.91 Å². The fourth-order valence-electron chi connectivity index (χ4n) is 3.13. The first kappa shape index (κ1) is 19.1. The van der Waals surface area contributed by atoms with Gasteiger partial charge in [-0.2, -0.15) is 0 Å². The van der Waals surface area contributed by atoms with Crippen LogP contribution < -0.4 is 5.32 Å². The summed E-state index contributed by atoms with van der Waals surface area (Å²) in [5, 5.41) is 2.82. The Labute approximate surface area is 148 Å². The van der Waals surface area contributed by atoms with Gasteiger partial charge in [0, 0.05) is 23.7 Å². The van der Waals surface area contributed by atoms with Crippen molar-refractivity contribution in [3.63, 3.8) is 0 Å². The number of hydrogen-bond donors (Lipinski definition) is 1. The zero-order chi connectivity index (χ0) is 18.6. The van der Waals surface area contributed by atoms with Gasteiger partial charge in [-0.1, -0.05) is 57.2 Å². The monoisotopic (exact) mass is 345 g/mol. The van der Waals surface area contributed by atoms with Crippen molar-refractivity contribution in [2.45, 2.75) is 46.0 Å². The van der Waals surface area contributed by atoms with Gasteiger partial charge in [-0.05, 0) is 36.0 Å². The maximum atomic E-state index is 13.8. The van der Waals surface area contributed by atoms with Crippen molar-refractivity contribution < 1.29 is 13.6 Å². The van der Waals surface area contributed by atoms with Crippen LogP contribution in [0.1, 0.15) is 61.5 Å². The Balaban J connectivity index is 2.31. The lowest BCUT2D eigenvalue weighted by molar-refractivity contribution is 0.0165. The van der Waals surface area contributed by atoms with Crippen molar-refractivity contribution in [3.05, 3.63) is 65.2 Å². The highest BCUT2D eigenvalue weighted by molar-refractivity contribution is 6.05. The number of rotatable bonds is 6. The van der Waals surface area contributed by atoms with Gasteiger partial charge in [0.15, 0.2) is 0 Å². The summed E-state index contributed by atoms with van der Waals surface area (Å²) in [6.45, 7) is 7.21. The molecule has 25 heavy (non-hydrogen) atoms. The van der Waals surface area contributed by atoms with Crippen molar-refractivity contribution >= 4 is 11.6 Å². The molecule has 2 aromatic rings. The summed E-state index contributed by atoms with van der Waals surface area (Å²) in [5.41, 5.74) is 1.43. The standard InChI is InChI=1S/C21H25F2NO/c1-14(2)13-15(3)16-9-6-8-12-19(16)24-20(25)17-10-5-7-11-18(17)21(4,22)23/h5-12,14-15H,13H2,1-4H3,(H,24,25). The Morgan fingerprint density at radius 3 is 2.28 bits per heavy atom. The molecule has 4 heteroatoms. The van der Waals surface area contributed by atoms with Crippen LogP contribution in [0.15, 0.2) is 48.5 Å². The first-order valence-electron chi connectivity index (χ1n) is 8.57. The summed E-state index contributed by atoms with van der Waals surface area (Å²) in [4.78, 5) is 12.6. The third-order valence-electron chi connectivity index (χ3n) is 4.21. The molecule has 0 heterocycles. The molecule has 0 radical (unpaired) electrons. The molecular weight excluding hydrogens is 320 g/mol. The van der Waals surface area contributed by atoms with Crippen molar-refractivity contribution in [2.75, 3.05) is 5.32 Å². The summed E-state index contributed by atoms with van der Waals surface area (Å²) in [6, 6.07) is 13.4. The minimum absolute atomic E-state index is 0.00122. The van der Waals surface area contributed by atoms with E-state index in [0.29, 0.717) is 11.6 Å². The van der Waals surface area contributed by atoms with Crippen LogP contribution in [0.5, 0.6) is 0 Å². The van der Waals surface area contributed by atoms with E-state index in [1.54, 1.807) is 6.07 Å². The zero-order valence-electron chi connectivity index (χ0n) is 15.1. The Bertz CT molecular complexity index is 735. The predicted octanol–water partition coefficient (Wildman–Crippen LogP) is 6.20. The van der Waals surface area contributed by atoms with E-state index in [4.69, 9.17) is 0 Å². The number of benzene rings is 2. The van der Waals surface area contributed by atoms with Crippen LogP contribution in [0.4, 0.5) is 14.5 Å². The number of halogens is 2. The second kappa shape index (κ2) is 7.77. The maximum Gasteiger partial charge on any atom is 0.271 e. The number of anilines is 1. The largest absolute Gasteiger partial charge is 0.322 e. The van der Waals surface area contributed by atoms with Gasteiger partial charge in [0.1, 0.15) is 0 Å². The number of carbonyl (C=O) groups excluding carboxylic acids is 1. The summed E-state index contributed by atoms with van der Waals surface area (Å²) >= 11 is 0. The third-order valence-corrected chi connectivity index (χ3v) is 4.21. The molecule has 0 aliphatic rings. The highest BCUT2D eigenvalue weighted by Crippen LogP contribution is 2.32. The van der Waals surface area contributed by atoms with Gasteiger partial charge in [-0.25, -0.2) is 8.78 Å². The predicted molar refractivity (Wildman–Crippen MR) is 98.3 cm³/mol. The van der Waals surface area contributed by atoms with Crippen molar-refractivity contribution in [1.82, 2.24) is 0 Å². The molecule has 0 spiro atoms. The fraction of sp³-hybridized carbons (Fsp3) is 0.381. The zero-order valence-corrected chi connectivity index (χ0v) is 15.1. The Morgan fingerprint density at radius 1 is 1.04 bits per heavy atom. The average molecular weight is 345 g/mol. The molecule has 1 amide bonds. The molecule has 1 N–H and O–H groups in total. The van der Waals surface area contributed by atoms with E-state index in [1.165, 1.54) is 18.2 Å². The number of nitrogens with one attached hydrogen (secondary N) is 1. The first-order valence-corrected chi connectivity index (χ1v) is 8.57. The molecule has 0 bridgehead atoms. The van der Waals surface area contributed by atoms with Gasteiger partial charge in [0.05, 0.1) is 0 Å². The van der Waals surface area contributed by atoms with Crippen molar-refractivity contribution in [1.29, 1.82) is 0 Å². The Kier molecular flexibility index (Phi) is 5.93. The van der Waals surface area contributed by atoms with Crippen LogP contribution in [-0.2, 0) is 5.92 Å². The van der Waals surface area contributed by atoms with E-state index in [9.17, 15) is 13.6 Å². The molecule has 0 saturated heterocycles. The molecule has 0 aliphatic heterocycles. The number of carbonyl (C=O) groups is 1. The smallest absolute Gasteiger partial charge is 0.271 e. The van der Waals surface area contributed by atoms with E-state index in [2.05, 4.69) is 26.1 Å². The number of alkyl halides is 2. The summed E-state index contributed by atoms with van der Waals surface area (Å²) in [7, 11) is 0. The summed E-state index contributed by atoms with van der Waals surface area (Å²) in [5.74, 6) is -2.79. The molecule has 0 saturated carbocycles. The lowest BCUT2D eigenvalue weighted by Gasteiger charge is -2.20. The van der Waals surface area contributed by atoms with Crippen molar-refractivity contribution in [3.8, 4) is 0 Å². The van der Waals surface area contributed by atoms with Crippen LogP contribution in [0.2, 0.25) is 0 Å². The first-order chi connectivity index (χ1) is 11.7. The van der Waals surface area contributed by atoms with Crippen LogP contribution in [0, 0.1) is 5.92 Å². The lowest BCUT2D eigenvalue weighted by Crippen LogP contribution is -2.20. The molecule has 2 nitrogen and oxygen atoms in total. The minimum Gasteiger partial charge on any atom is -0.322 e. The molecular formula is C21H25F2NO. The van der Waals surface area contributed by atoms with E-state index >= 15 is 0 Å². The average Bonchev–Trinajstić information content (AvgIpc) is 2.54. The number of hydrogen-bond acceptors (Lipinski definition) is 1. The molecule has 2 rings (SSSR count). The normalized spacial score (nSPS) is 12.9. The van der Waals surface area contributed by atoms with Gasteiger partial charge in [0.25, 0.3) is 11.8 Å². The Morgan fingerprint density at radius 2 is 1.64 bits per heavy atom. The molecule has 0 aliphatic carbocycles. The molecule has 134 valence electrons. The minimum atomic E-state index is -3.07. The Hall–Kier alpha value is -2.23. The SMILES string of the molecule is CC(C)CC(C)c1ccccc1NC(=O)c1ccccc1C(C)(F)F. The van der Waals surface area contributed by atoms with Crippen molar-refractivity contribution in [2.24, 2.45) is 5.92 Å². The van der Waals surface area contributed by atoms with E-state index in [-0.39, 0.29) is 17.0 Å². The topological polar surface area (TPSA) is 29.1 Å². The van der Waals surface area contributed by atoms with E-state index in [0.717, 1.165) is 18.9 Å². The van der Waals surface area contributed by atoms with E-state index < -0.39 is 11.8 Å². The quantitative estimate of drug-likeness (QED) is 0.663. The summed E-state index contributed by atoms with van der Waals surface area (Å²) < 4.78 is 27.6. The van der Waals surface area contributed by atoms with Gasteiger partial charge in [0.2, 0.25) is 0 Å².